The minimum Gasteiger partial charge on any atom is -0.358 e. The smallest absolute Gasteiger partial charge is 0.358 e. The molecule has 0 saturated heterocycles. The summed E-state index contributed by atoms with van der Waals surface area (Å²) < 4.78 is 0. The van der Waals surface area contributed by atoms with E-state index in [1.54, 1.807) is 0 Å². The first-order valence-corrected chi connectivity index (χ1v) is 8.76. The molecule has 0 aromatic heterocycles. The quantitative estimate of drug-likeness (QED) is 0.193. The van der Waals surface area contributed by atoms with Crippen molar-refractivity contribution in [2.24, 2.45) is 0 Å². The van der Waals surface area contributed by atoms with Crippen LogP contribution in [0.1, 0.15) is 0 Å². The van der Waals surface area contributed by atoms with E-state index in [2.05, 4.69) is 114 Å². The van der Waals surface area contributed by atoms with Crippen LogP contribution in [0.15, 0.2) is 0 Å². The predicted octanol–water partition coefficient (Wildman–Crippen LogP) is -5.96. The summed E-state index contributed by atoms with van der Waals surface area (Å²) >= 11 is 0. The van der Waals surface area contributed by atoms with Gasteiger partial charge >= 0.3 is 92.2 Å². The van der Waals surface area contributed by atoms with E-state index in [9.17, 15) is 0 Å². The van der Waals surface area contributed by atoms with E-state index in [4.69, 9.17) is 0 Å². The van der Waals surface area contributed by atoms with Gasteiger partial charge in [-0.15, -0.1) is 0 Å². The van der Waals surface area contributed by atoms with Crippen molar-refractivity contribution >= 4 is 0 Å². The molecule has 0 bridgehead atoms. The number of hydrogen-bond acceptors (Lipinski definition) is 6. The van der Waals surface area contributed by atoms with Gasteiger partial charge in [0.1, 0.15) is 0 Å². The van der Waals surface area contributed by atoms with E-state index < -0.39 is 0 Å². The van der Waals surface area contributed by atoms with Crippen molar-refractivity contribution in [2.45, 2.75) is 0 Å². The first-order chi connectivity index (χ1) is 10.9. The van der Waals surface area contributed by atoms with Gasteiger partial charge in [0.2, 0.25) is 0 Å². The summed E-state index contributed by atoms with van der Waals surface area (Å²) in [4.78, 5) is 13.1. The summed E-state index contributed by atoms with van der Waals surface area (Å²) in [5.41, 5.74) is 0. The van der Waals surface area contributed by atoms with Crippen molar-refractivity contribution in [2.75, 3.05) is 124 Å². The van der Waals surface area contributed by atoms with Crippen LogP contribution < -0.4 is 56.6 Å². The fourth-order valence-corrected chi connectivity index (χ4v) is 1.20. The molecule has 0 spiro atoms. The largest absolute Gasteiger partial charge is 3.00 e. The maximum absolute atomic E-state index is 2.18. The zero-order valence-electron chi connectivity index (χ0n) is 28.5. The minimum absolute atomic E-state index is 0. The third kappa shape index (κ3) is 126. The maximum Gasteiger partial charge on any atom is 3.00 e. The molecule has 0 saturated carbocycles. The molecule has 10 heteroatoms. The molecule has 0 aliphatic rings. The first-order valence-electron chi connectivity index (χ1n) is 8.76. The average molecular weight is 599 g/mol. The second-order valence-electron chi connectivity index (χ2n) is 7.82. The van der Waals surface area contributed by atoms with Crippen molar-refractivity contribution in [3.05, 3.63) is 44.6 Å². The van der Waals surface area contributed by atoms with Gasteiger partial charge in [0.25, 0.3) is 0 Å². The van der Waals surface area contributed by atoms with Crippen molar-refractivity contribution in [3.8, 4) is 0 Å². The van der Waals surface area contributed by atoms with Crippen LogP contribution in [-0.2, 0) is 0 Å². The van der Waals surface area contributed by atoms with E-state index in [0.29, 0.717) is 0 Å². The Morgan fingerprint density at radius 3 is 0.353 bits per heavy atom. The van der Waals surface area contributed by atoms with E-state index in [1.165, 1.54) is 0 Å². The number of hydrogen-bond donors (Lipinski definition) is 0. The summed E-state index contributed by atoms with van der Waals surface area (Å²) in [6.07, 6.45) is 0. The fourth-order valence-electron chi connectivity index (χ4n) is 1.20. The Kier molecular flexibility index (Phi) is 148. The van der Waals surface area contributed by atoms with Gasteiger partial charge in [-0.05, 0) is 84.6 Å². The molecule has 0 fully saturated rings. The Labute approximate surface area is 287 Å². The van der Waals surface area contributed by atoms with Crippen LogP contribution in [-0.4, -0.2) is 153 Å². The molecule has 34 heavy (non-hydrogen) atoms. The topological polar surface area (TPSA) is 19.4 Å². The standard InChI is InChI=1S/3C6H16N2.6CH3.La.3Li/c3*1-7(2)5-6-8(3)4;;;;;;;;;;/h3*5-6H2,1-4H3;6*1H3;;;;/q;;;6*-1;+3;3*+1. The van der Waals surface area contributed by atoms with Gasteiger partial charge in [-0.3, -0.25) is 0 Å². The molecule has 0 aromatic rings. The Bertz CT molecular complexity index is 189. The second kappa shape index (κ2) is 60.3. The van der Waals surface area contributed by atoms with Crippen molar-refractivity contribution in [1.29, 1.82) is 0 Å². The van der Waals surface area contributed by atoms with Crippen LogP contribution >= 0.6 is 0 Å². The molecule has 0 aliphatic heterocycles. The molecule has 6 nitrogen and oxygen atoms in total. The van der Waals surface area contributed by atoms with Gasteiger partial charge in [-0.1, -0.05) is 0 Å². The average Bonchev–Trinajstić information content (AvgIpc) is 2.42. The summed E-state index contributed by atoms with van der Waals surface area (Å²) in [6, 6.07) is 0. The molecule has 0 heterocycles. The normalized spacial score (nSPS) is 7.94. The van der Waals surface area contributed by atoms with Gasteiger partial charge in [0, 0.05) is 39.3 Å². The van der Waals surface area contributed by atoms with E-state index in [1.807, 2.05) is 0 Å². The molecule has 0 rings (SSSR count). The Hall–Kier alpha value is 2.75. The first kappa shape index (κ1) is 83.3. The molecule has 0 aliphatic carbocycles. The molecule has 0 aromatic carbocycles. The summed E-state index contributed by atoms with van der Waals surface area (Å²) in [7, 11) is 25.0. The Morgan fingerprint density at radius 1 is 0.265 bits per heavy atom. The third-order valence-corrected chi connectivity index (χ3v) is 2.98. The van der Waals surface area contributed by atoms with Gasteiger partial charge < -0.3 is 74.0 Å². The summed E-state index contributed by atoms with van der Waals surface area (Å²) in [6.45, 7) is 6.88. The van der Waals surface area contributed by atoms with Crippen LogP contribution in [0.25, 0.3) is 0 Å². The molecule has 0 radical (unpaired) electrons. The summed E-state index contributed by atoms with van der Waals surface area (Å²) in [5, 5.41) is 0. The fraction of sp³-hybridized carbons (Fsp3) is 0.750. The van der Waals surface area contributed by atoms with Crippen LogP contribution in [0.5, 0.6) is 0 Å². The zero-order chi connectivity index (χ0) is 19.7. The van der Waals surface area contributed by atoms with E-state index in [0.717, 1.165) is 39.3 Å². The number of rotatable bonds is 9. The van der Waals surface area contributed by atoms with Crippen molar-refractivity contribution < 1.29 is 92.2 Å². The molecular formula is C24H66LaLi3N6. The van der Waals surface area contributed by atoms with Crippen LogP contribution in [0.2, 0.25) is 0 Å². The monoisotopic (exact) mass is 598 g/mol. The van der Waals surface area contributed by atoms with Crippen molar-refractivity contribution in [1.82, 2.24) is 29.4 Å². The molecule has 0 unspecified atom stereocenters. The van der Waals surface area contributed by atoms with Gasteiger partial charge in [0.05, 0.1) is 0 Å². The van der Waals surface area contributed by atoms with Gasteiger partial charge in [-0.2, -0.15) is 0 Å². The Balaban J connectivity index is -0.0000000154. The minimum atomic E-state index is 0. The molecule has 0 N–H and O–H groups in total. The number of likely N-dealkylation sites (N-methyl/N-ethyl adjacent to an activating group) is 6. The molecular weight excluding hydrogens is 532 g/mol. The van der Waals surface area contributed by atoms with Gasteiger partial charge in [0.15, 0.2) is 0 Å². The zero-order valence-corrected chi connectivity index (χ0v) is 32.1. The molecule has 0 atom stereocenters. The number of nitrogens with zero attached hydrogens (tertiary/aromatic N) is 6. The third-order valence-electron chi connectivity index (χ3n) is 2.98. The van der Waals surface area contributed by atoms with Gasteiger partial charge in [-0.25, -0.2) is 0 Å². The van der Waals surface area contributed by atoms with Crippen LogP contribution in [0.4, 0.5) is 0 Å². The maximum atomic E-state index is 2.18. The summed E-state index contributed by atoms with van der Waals surface area (Å²) in [5.74, 6) is 0. The van der Waals surface area contributed by atoms with E-state index >= 15 is 0 Å². The predicted molar refractivity (Wildman–Crippen MR) is 150 cm³/mol. The van der Waals surface area contributed by atoms with Crippen molar-refractivity contribution in [3.63, 3.8) is 0 Å². The SMILES string of the molecule is CN(C)CCN(C)C.CN(C)CCN(C)C.CN(C)CCN(C)C.[CH3-].[CH3-].[CH3-].[CH3-].[CH3-].[CH3-].[La+3].[Li+].[Li+].[Li+]. The Morgan fingerprint density at radius 2 is 0.324 bits per heavy atom. The molecule has 198 valence electrons. The van der Waals surface area contributed by atoms with Crippen LogP contribution in [0, 0.1) is 80.2 Å². The van der Waals surface area contributed by atoms with Crippen LogP contribution in [0.3, 0.4) is 0 Å². The van der Waals surface area contributed by atoms with E-state index in [-0.39, 0.29) is 137 Å². The molecule has 0 amide bonds. The second-order valence-corrected chi connectivity index (χ2v) is 7.82.